The van der Waals surface area contributed by atoms with Gasteiger partial charge in [-0.2, -0.15) is 0 Å². The second kappa shape index (κ2) is 5.48. The number of nitrogens with zero attached hydrogens (tertiary/aromatic N) is 2. The Hall–Kier alpha value is -0.880. The maximum atomic E-state index is 11.7. The first-order valence-corrected chi connectivity index (χ1v) is 8.96. The average Bonchev–Trinajstić information content (AvgIpc) is 2.60. The molecule has 112 valence electrons. The van der Waals surface area contributed by atoms with Gasteiger partial charge in [0.2, 0.25) is 0 Å². The van der Waals surface area contributed by atoms with Crippen molar-refractivity contribution in [1.82, 2.24) is 9.97 Å². The Morgan fingerprint density at radius 3 is 2.65 bits per heavy atom. The van der Waals surface area contributed by atoms with Crippen LogP contribution in [0.15, 0.2) is 0 Å². The van der Waals surface area contributed by atoms with Crippen molar-refractivity contribution in [2.24, 2.45) is 0 Å². The summed E-state index contributed by atoms with van der Waals surface area (Å²) in [5.74, 6) is 1.68. The molecule has 1 aliphatic rings. The molecule has 0 aliphatic carbocycles. The number of aromatic nitrogens is 2. The van der Waals surface area contributed by atoms with E-state index in [1.165, 1.54) is 0 Å². The van der Waals surface area contributed by atoms with E-state index in [0.717, 1.165) is 18.4 Å². The van der Waals surface area contributed by atoms with Crippen LogP contribution in [0.3, 0.4) is 0 Å². The van der Waals surface area contributed by atoms with Gasteiger partial charge >= 0.3 is 0 Å². The lowest BCUT2D eigenvalue weighted by molar-refractivity contribution is 0.570. The molecule has 2 rings (SSSR count). The van der Waals surface area contributed by atoms with E-state index in [-0.39, 0.29) is 11.5 Å². The average molecular weight is 318 g/mol. The van der Waals surface area contributed by atoms with Gasteiger partial charge in [0.25, 0.3) is 0 Å². The Balaban J connectivity index is 2.29. The Morgan fingerprint density at radius 1 is 1.40 bits per heavy atom. The van der Waals surface area contributed by atoms with Crippen molar-refractivity contribution in [3.63, 3.8) is 0 Å². The predicted molar refractivity (Wildman–Crippen MR) is 81.1 cm³/mol. The number of hydrogen-bond acceptors (Lipinski definition) is 5. The van der Waals surface area contributed by atoms with Crippen molar-refractivity contribution in [3.05, 3.63) is 16.5 Å². The molecule has 0 bridgehead atoms. The number of rotatable bonds is 4. The zero-order valence-electron chi connectivity index (χ0n) is 12.0. The van der Waals surface area contributed by atoms with Crippen LogP contribution in [0.25, 0.3) is 0 Å². The Morgan fingerprint density at radius 2 is 2.10 bits per heavy atom. The lowest BCUT2D eigenvalue weighted by Gasteiger charge is -2.26. The first-order valence-electron chi connectivity index (χ1n) is 6.76. The smallest absolute Gasteiger partial charge is 0.152 e. The van der Waals surface area contributed by atoms with E-state index in [1.807, 2.05) is 13.8 Å². The molecule has 1 aromatic rings. The number of nitrogens with one attached hydrogen (secondary N) is 1. The number of halogens is 1. The molecule has 7 heteroatoms. The molecule has 1 fully saturated rings. The van der Waals surface area contributed by atoms with Crippen LogP contribution in [-0.2, 0) is 16.3 Å². The monoisotopic (exact) mass is 317 g/mol. The van der Waals surface area contributed by atoms with E-state index in [4.69, 9.17) is 11.6 Å². The summed E-state index contributed by atoms with van der Waals surface area (Å²) in [5, 5.41) is 3.69. The van der Waals surface area contributed by atoms with Crippen LogP contribution in [-0.4, -0.2) is 35.4 Å². The van der Waals surface area contributed by atoms with Crippen molar-refractivity contribution in [2.45, 2.75) is 45.6 Å². The molecule has 1 saturated heterocycles. The molecule has 1 aromatic heterocycles. The second-order valence-electron chi connectivity index (χ2n) is 5.68. The molecular weight excluding hydrogens is 298 g/mol. The summed E-state index contributed by atoms with van der Waals surface area (Å²) in [6, 6.07) is 0. The van der Waals surface area contributed by atoms with E-state index < -0.39 is 15.4 Å². The normalized spacial score (nSPS) is 24.8. The molecule has 1 atom stereocenters. The van der Waals surface area contributed by atoms with E-state index in [1.54, 1.807) is 0 Å². The van der Waals surface area contributed by atoms with Crippen LogP contribution >= 0.6 is 11.6 Å². The Bertz CT molecular complexity index is 618. The molecule has 0 aromatic carbocycles. The molecule has 0 spiro atoms. The molecule has 2 heterocycles. The highest BCUT2D eigenvalue weighted by Crippen LogP contribution is 2.29. The first kappa shape index (κ1) is 15.5. The standard InChI is InChI=1S/C13H20ClN3O2S/c1-4-5-10-15-11(14)9(2)12(16-10)17-13(3)6-7-20(18,19)8-13/h4-8H2,1-3H3,(H,15,16,17). The summed E-state index contributed by atoms with van der Waals surface area (Å²) in [6.07, 6.45) is 2.27. The molecule has 0 radical (unpaired) electrons. The van der Waals surface area contributed by atoms with Crippen LogP contribution in [0.5, 0.6) is 0 Å². The summed E-state index contributed by atoms with van der Waals surface area (Å²) in [6.45, 7) is 5.80. The second-order valence-corrected chi connectivity index (χ2v) is 8.22. The molecule has 20 heavy (non-hydrogen) atoms. The Kier molecular flexibility index (Phi) is 4.25. The number of hydrogen-bond donors (Lipinski definition) is 1. The van der Waals surface area contributed by atoms with Gasteiger partial charge in [-0.3, -0.25) is 0 Å². The van der Waals surface area contributed by atoms with Gasteiger partial charge in [-0.05, 0) is 26.7 Å². The molecule has 1 N–H and O–H groups in total. The zero-order valence-corrected chi connectivity index (χ0v) is 13.6. The molecule has 0 saturated carbocycles. The summed E-state index contributed by atoms with van der Waals surface area (Å²) in [4.78, 5) is 8.72. The van der Waals surface area contributed by atoms with Gasteiger partial charge in [-0.15, -0.1) is 0 Å². The van der Waals surface area contributed by atoms with Crippen molar-refractivity contribution in [3.8, 4) is 0 Å². The third-order valence-corrected chi connectivity index (χ3v) is 5.80. The minimum Gasteiger partial charge on any atom is -0.363 e. The predicted octanol–water partition coefficient (Wildman–Crippen LogP) is 2.38. The quantitative estimate of drug-likeness (QED) is 0.863. The third-order valence-electron chi connectivity index (χ3n) is 3.53. The van der Waals surface area contributed by atoms with Gasteiger partial charge in [0.05, 0.1) is 17.0 Å². The highest BCUT2D eigenvalue weighted by molar-refractivity contribution is 7.91. The molecule has 1 unspecified atom stereocenters. The largest absolute Gasteiger partial charge is 0.363 e. The fourth-order valence-corrected chi connectivity index (χ4v) is 4.66. The van der Waals surface area contributed by atoms with E-state index in [9.17, 15) is 8.42 Å². The number of anilines is 1. The van der Waals surface area contributed by atoms with Crippen molar-refractivity contribution >= 4 is 27.3 Å². The Labute approximate surface area is 125 Å². The first-order chi connectivity index (χ1) is 9.25. The number of sulfone groups is 1. The topological polar surface area (TPSA) is 72.0 Å². The maximum absolute atomic E-state index is 11.7. The van der Waals surface area contributed by atoms with Gasteiger partial charge in [0.15, 0.2) is 9.84 Å². The van der Waals surface area contributed by atoms with E-state index >= 15 is 0 Å². The van der Waals surface area contributed by atoms with Crippen molar-refractivity contribution in [2.75, 3.05) is 16.8 Å². The van der Waals surface area contributed by atoms with Crippen molar-refractivity contribution in [1.29, 1.82) is 0 Å². The third kappa shape index (κ3) is 3.41. The van der Waals surface area contributed by atoms with Crippen LogP contribution in [0, 0.1) is 6.92 Å². The van der Waals surface area contributed by atoms with Gasteiger partial charge in [-0.25, -0.2) is 18.4 Å². The highest BCUT2D eigenvalue weighted by atomic mass is 35.5. The van der Waals surface area contributed by atoms with Crippen molar-refractivity contribution < 1.29 is 8.42 Å². The van der Waals surface area contributed by atoms with E-state index in [0.29, 0.717) is 23.2 Å². The fourth-order valence-electron chi connectivity index (χ4n) is 2.38. The SMILES string of the molecule is CCCc1nc(Cl)c(C)c(NC2(C)CCS(=O)(=O)C2)n1. The summed E-state index contributed by atoms with van der Waals surface area (Å²) in [5.41, 5.74) is 0.280. The zero-order chi connectivity index (χ0) is 15.0. The lowest BCUT2D eigenvalue weighted by Crippen LogP contribution is -2.36. The fraction of sp³-hybridized carbons (Fsp3) is 0.692. The highest BCUT2D eigenvalue weighted by Gasteiger charge is 2.39. The van der Waals surface area contributed by atoms with Gasteiger partial charge in [-0.1, -0.05) is 18.5 Å². The minimum absolute atomic E-state index is 0.129. The number of aryl methyl sites for hydroxylation is 1. The molecular formula is C13H20ClN3O2S. The summed E-state index contributed by atoms with van der Waals surface area (Å²) < 4.78 is 23.3. The maximum Gasteiger partial charge on any atom is 0.152 e. The lowest BCUT2D eigenvalue weighted by atomic mass is 10.0. The van der Waals surface area contributed by atoms with Crippen LogP contribution in [0.1, 0.15) is 38.1 Å². The van der Waals surface area contributed by atoms with Crippen LogP contribution in [0.2, 0.25) is 5.15 Å². The molecule has 0 amide bonds. The van der Waals surface area contributed by atoms with E-state index in [2.05, 4.69) is 22.2 Å². The van der Waals surface area contributed by atoms with Gasteiger partial charge < -0.3 is 5.32 Å². The van der Waals surface area contributed by atoms with Gasteiger partial charge in [0.1, 0.15) is 16.8 Å². The minimum atomic E-state index is -2.96. The molecule has 5 nitrogen and oxygen atoms in total. The summed E-state index contributed by atoms with van der Waals surface area (Å²) in [7, 11) is -2.96. The van der Waals surface area contributed by atoms with Crippen LogP contribution in [0.4, 0.5) is 5.82 Å². The van der Waals surface area contributed by atoms with Crippen LogP contribution < -0.4 is 5.32 Å². The molecule has 1 aliphatic heterocycles. The summed E-state index contributed by atoms with van der Waals surface area (Å²) >= 11 is 6.13. The van der Waals surface area contributed by atoms with Gasteiger partial charge in [0, 0.05) is 12.0 Å².